The Morgan fingerprint density at radius 3 is 2.51 bits per heavy atom. The maximum Gasteiger partial charge on any atom is 0.00559 e. The molecule has 3 aromatic rings. The van der Waals surface area contributed by atoms with Crippen molar-refractivity contribution in [3.63, 3.8) is 0 Å². The smallest absolute Gasteiger partial charge is 0.00559 e. The molecule has 0 aliphatic heterocycles. The maximum atomic E-state index is 4.13. The highest BCUT2D eigenvalue weighted by Gasteiger charge is 2.21. The molecule has 39 heavy (non-hydrogen) atoms. The quantitative estimate of drug-likeness (QED) is 0.177. The van der Waals surface area contributed by atoms with E-state index in [1.54, 1.807) is 0 Å². The van der Waals surface area contributed by atoms with Crippen LogP contribution < -0.4 is 5.22 Å². The van der Waals surface area contributed by atoms with E-state index in [0.717, 1.165) is 31.3 Å². The first-order chi connectivity index (χ1) is 18.9. The van der Waals surface area contributed by atoms with Crippen molar-refractivity contribution in [1.29, 1.82) is 0 Å². The van der Waals surface area contributed by atoms with Gasteiger partial charge in [0.05, 0.1) is 0 Å². The van der Waals surface area contributed by atoms with E-state index in [9.17, 15) is 0 Å². The van der Waals surface area contributed by atoms with Gasteiger partial charge in [-0.05, 0) is 113 Å². The van der Waals surface area contributed by atoms with Crippen LogP contribution in [0.5, 0.6) is 0 Å². The summed E-state index contributed by atoms with van der Waals surface area (Å²) in [7, 11) is 0. The lowest BCUT2D eigenvalue weighted by molar-refractivity contribution is 0.533. The van der Waals surface area contributed by atoms with Crippen LogP contribution in [0.2, 0.25) is 0 Å². The van der Waals surface area contributed by atoms with Gasteiger partial charge in [0.15, 0.2) is 0 Å². The summed E-state index contributed by atoms with van der Waals surface area (Å²) in [6.45, 7) is 19.1. The topological polar surface area (TPSA) is 0 Å². The molecule has 4 rings (SSSR count). The molecule has 0 heterocycles. The second-order valence-corrected chi connectivity index (χ2v) is 10.9. The van der Waals surface area contributed by atoms with E-state index < -0.39 is 0 Å². The van der Waals surface area contributed by atoms with Crippen LogP contribution in [0.15, 0.2) is 120 Å². The Bertz CT molecular complexity index is 1580. The van der Waals surface area contributed by atoms with Gasteiger partial charge in [-0.25, -0.2) is 0 Å². The largest absolute Gasteiger partial charge is 0.0985 e. The minimum absolute atomic E-state index is 0.296. The highest BCUT2D eigenvalue weighted by atomic mass is 14.2. The van der Waals surface area contributed by atoms with Crippen LogP contribution in [-0.4, -0.2) is 0 Å². The van der Waals surface area contributed by atoms with E-state index in [1.165, 1.54) is 54.6 Å². The molecule has 0 heteroatoms. The molecule has 0 spiro atoms. The summed E-state index contributed by atoms with van der Waals surface area (Å²) in [5, 5.41) is 7.04. The third-order valence-electron chi connectivity index (χ3n) is 8.26. The Balaban J connectivity index is 1.84. The zero-order chi connectivity index (χ0) is 27.9. The van der Waals surface area contributed by atoms with E-state index in [-0.39, 0.29) is 0 Å². The fourth-order valence-corrected chi connectivity index (χ4v) is 6.04. The molecule has 200 valence electrons. The number of allylic oxidation sites excluding steroid dienone is 12. The summed E-state index contributed by atoms with van der Waals surface area (Å²) < 4.78 is 0. The molecule has 0 amide bonds. The van der Waals surface area contributed by atoms with Gasteiger partial charge in [0.2, 0.25) is 0 Å². The lowest BCUT2D eigenvalue weighted by Gasteiger charge is -2.24. The van der Waals surface area contributed by atoms with Crippen molar-refractivity contribution in [2.75, 3.05) is 0 Å². The predicted octanol–water partition coefficient (Wildman–Crippen LogP) is 10.7. The van der Waals surface area contributed by atoms with Gasteiger partial charge in [-0.2, -0.15) is 0 Å². The molecule has 0 saturated heterocycles. The van der Waals surface area contributed by atoms with Gasteiger partial charge in [-0.3, -0.25) is 0 Å². The molecule has 0 aromatic heterocycles. The molecular formula is C39H44. The highest BCUT2D eigenvalue weighted by molar-refractivity contribution is 6.13. The minimum atomic E-state index is 0.296. The molecule has 0 nitrogen and oxygen atoms in total. The SMILES string of the molecule is C=CC(=C\CC)/C(C)=C/C(C=C)=C(C)/C=C\C(c1ccc2ccc3c4c(ccc1c24)CCC=3)C(C)CC=CC. The van der Waals surface area contributed by atoms with Crippen molar-refractivity contribution in [3.8, 4) is 0 Å². The molecule has 3 aromatic carbocycles. The Hall–Kier alpha value is -3.64. The van der Waals surface area contributed by atoms with Crippen LogP contribution in [0, 0.1) is 5.92 Å². The zero-order valence-corrected chi connectivity index (χ0v) is 24.6. The normalized spacial score (nSPS) is 16.5. The third-order valence-corrected chi connectivity index (χ3v) is 8.26. The Morgan fingerprint density at radius 2 is 1.79 bits per heavy atom. The van der Waals surface area contributed by atoms with Crippen molar-refractivity contribution in [1.82, 2.24) is 0 Å². The van der Waals surface area contributed by atoms with Gasteiger partial charge >= 0.3 is 0 Å². The van der Waals surface area contributed by atoms with Crippen molar-refractivity contribution >= 4 is 27.6 Å². The molecule has 1 aliphatic rings. The molecule has 2 unspecified atom stereocenters. The molecule has 0 bridgehead atoms. The molecule has 2 atom stereocenters. The van der Waals surface area contributed by atoms with E-state index >= 15 is 0 Å². The minimum Gasteiger partial charge on any atom is -0.0985 e. The molecule has 0 fully saturated rings. The van der Waals surface area contributed by atoms with Crippen molar-refractivity contribution in [2.45, 2.75) is 66.2 Å². The van der Waals surface area contributed by atoms with Crippen molar-refractivity contribution < 1.29 is 0 Å². The summed E-state index contributed by atoms with van der Waals surface area (Å²) in [5.74, 6) is 0.762. The van der Waals surface area contributed by atoms with Crippen molar-refractivity contribution in [3.05, 3.63) is 137 Å². The van der Waals surface area contributed by atoms with E-state index in [2.05, 4.69) is 127 Å². The number of rotatable bonds is 11. The van der Waals surface area contributed by atoms with Gasteiger partial charge < -0.3 is 0 Å². The molecular weight excluding hydrogens is 468 g/mol. The highest BCUT2D eigenvalue weighted by Crippen LogP contribution is 2.38. The van der Waals surface area contributed by atoms with Crippen LogP contribution in [0.4, 0.5) is 0 Å². The fraction of sp³-hybridized carbons (Fsp3) is 0.282. The van der Waals surface area contributed by atoms with Gasteiger partial charge in [0.1, 0.15) is 0 Å². The number of benzene rings is 3. The van der Waals surface area contributed by atoms with Crippen LogP contribution in [0.3, 0.4) is 0 Å². The summed E-state index contributed by atoms with van der Waals surface area (Å²) in [6.07, 6.45) is 24.3. The number of aryl methyl sites for hydroxylation is 1. The zero-order valence-electron chi connectivity index (χ0n) is 24.6. The van der Waals surface area contributed by atoms with Crippen LogP contribution in [0.25, 0.3) is 27.6 Å². The number of hydrogen-bond donors (Lipinski definition) is 0. The predicted molar refractivity (Wildman–Crippen MR) is 175 cm³/mol. The summed E-state index contributed by atoms with van der Waals surface area (Å²) in [4.78, 5) is 0. The van der Waals surface area contributed by atoms with Crippen LogP contribution in [-0.2, 0) is 6.42 Å². The summed E-state index contributed by atoms with van der Waals surface area (Å²) in [6, 6.07) is 14.1. The molecule has 1 aliphatic carbocycles. The van der Waals surface area contributed by atoms with E-state index in [1.807, 2.05) is 12.2 Å². The Kier molecular flexibility index (Phi) is 9.41. The van der Waals surface area contributed by atoms with Gasteiger partial charge in [-0.1, -0.05) is 118 Å². The van der Waals surface area contributed by atoms with E-state index in [4.69, 9.17) is 0 Å². The van der Waals surface area contributed by atoms with Crippen LogP contribution >= 0.6 is 0 Å². The van der Waals surface area contributed by atoms with Gasteiger partial charge in [0, 0.05) is 5.92 Å². The van der Waals surface area contributed by atoms with Crippen molar-refractivity contribution in [2.24, 2.45) is 5.92 Å². The number of hydrogen-bond acceptors (Lipinski definition) is 0. The molecule has 0 radical (unpaired) electrons. The summed E-state index contributed by atoms with van der Waals surface area (Å²) >= 11 is 0. The summed E-state index contributed by atoms with van der Waals surface area (Å²) in [5.41, 5.74) is 7.68. The van der Waals surface area contributed by atoms with Crippen LogP contribution in [0.1, 0.15) is 70.9 Å². The Labute approximate surface area is 236 Å². The maximum absolute atomic E-state index is 4.13. The average Bonchev–Trinajstić information content (AvgIpc) is 2.96. The second-order valence-electron chi connectivity index (χ2n) is 10.9. The fourth-order valence-electron chi connectivity index (χ4n) is 6.04. The monoisotopic (exact) mass is 512 g/mol. The second kappa shape index (κ2) is 12.9. The lowest BCUT2D eigenvalue weighted by atomic mass is 9.80. The molecule has 0 saturated carbocycles. The first-order valence-electron chi connectivity index (χ1n) is 14.5. The molecule has 0 N–H and O–H groups in total. The van der Waals surface area contributed by atoms with Gasteiger partial charge in [-0.15, -0.1) is 0 Å². The first-order valence-corrected chi connectivity index (χ1v) is 14.5. The third kappa shape index (κ3) is 6.01. The standard InChI is InChI=1S/C39H44/c1-8-12-15-28(6)35(23-18-27(5)31(11-4)26-29(7)30(10-3)14-9-2)36-24-21-34-20-19-32-16-13-17-33-22-25-37(36)39(34)38(32)33/h8,10-12,14,16,18-26,28,35H,3-4,9,13,15,17H2,1-2,5-7H3/b12-8?,23-18-,29-26+,30-14+,31-27+. The average molecular weight is 513 g/mol. The van der Waals surface area contributed by atoms with Gasteiger partial charge in [0.25, 0.3) is 0 Å². The first kappa shape index (κ1) is 28.4. The Morgan fingerprint density at radius 1 is 1.00 bits per heavy atom. The lowest BCUT2D eigenvalue weighted by Crippen LogP contribution is -2.12. The van der Waals surface area contributed by atoms with E-state index in [0.29, 0.717) is 11.8 Å².